The van der Waals surface area contributed by atoms with E-state index in [2.05, 4.69) is 15.5 Å². The summed E-state index contributed by atoms with van der Waals surface area (Å²) in [6.45, 7) is 1.73. The third-order valence-electron chi connectivity index (χ3n) is 5.49. The monoisotopic (exact) mass is 478 g/mol. The van der Waals surface area contributed by atoms with Crippen molar-refractivity contribution in [1.82, 2.24) is 15.5 Å². The van der Waals surface area contributed by atoms with Crippen molar-refractivity contribution in [2.45, 2.75) is 13.0 Å². The summed E-state index contributed by atoms with van der Waals surface area (Å²) in [6.07, 6.45) is 0. The Morgan fingerprint density at radius 3 is 2.76 bits per heavy atom. The number of aromatic nitrogens is 2. The lowest BCUT2D eigenvalue weighted by molar-refractivity contribution is 0.244. The van der Waals surface area contributed by atoms with Gasteiger partial charge in [-0.1, -0.05) is 23.4 Å². The first-order valence-corrected chi connectivity index (χ1v) is 11.2. The van der Waals surface area contributed by atoms with E-state index in [9.17, 15) is 14.3 Å². The van der Waals surface area contributed by atoms with Crippen LogP contribution in [0.15, 0.2) is 70.2 Å². The number of thiophene rings is 1. The summed E-state index contributed by atoms with van der Waals surface area (Å²) < 4.78 is 24.7. The van der Waals surface area contributed by atoms with Gasteiger partial charge in [0.1, 0.15) is 5.82 Å². The largest absolute Gasteiger partial charge is 0.504 e. The van der Waals surface area contributed by atoms with Crippen LogP contribution in [0.5, 0.6) is 11.5 Å². The highest BCUT2D eigenvalue weighted by molar-refractivity contribution is 7.13. The standard InChI is InChI=1S/C24H19FN4O4S/c1-13-20(23-27-22(28-33-23)19-7-4-10-34-19)21(14-8-9-18(32-2)17(30)11-14)26-24(31)29(13)16-6-3-5-15(25)12-16/h3-12,21,30H,1-2H3,(H,26,31). The highest BCUT2D eigenvalue weighted by Crippen LogP contribution is 2.41. The molecule has 0 aliphatic carbocycles. The van der Waals surface area contributed by atoms with E-state index >= 15 is 0 Å². The summed E-state index contributed by atoms with van der Waals surface area (Å²) in [4.78, 5) is 19.9. The molecule has 2 aromatic carbocycles. The molecule has 172 valence electrons. The average molecular weight is 479 g/mol. The molecular formula is C24H19FN4O4S. The summed E-state index contributed by atoms with van der Waals surface area (Å²) in [6, 6.07) is 13.1. The molecule has 2 amide bonds. The average Bonchev–Trinajstić information content (AvgIpc) is 3.51. The van der Waals surface area contributed by atoms with Gasteiger partial charge in [0.05, 0.1) is 29.3 Å². The number of phenolic OH excluding ortho intramolecular Hbond substituents is 1. The first kappa shape index (κ1) is 21.7. The van der Waals surface area contributed by atoms with Crippen LogP contribution in [0, 0.1) is 5.82 Å². The molecule has 8 nitrogen and oxygen atoms in total. The lowest BCUT2D eigenvalue weighted by Gasteiger charge is -2.35. The summed E-state index contributed by atoms with van der Waals surface area (Å²) in [5.74, 6) is 0.356. The second-order valence-electron chi connectivity index (χ2n) is 7.53. The number of amides is 2. The fourth-order valence-electron chi connectivity index (χ4n) is 3.92. The molecule has 2 N–H and O–H groups in total. The number of methoxy groups -OCH3 is 1. The van der Waals surface area contributed by atoms with Crippen LogP contribution >= 0.6 is 11.3 Å². The predicted molar refractivity (Wildman–Crippen MR) is 125 cm³/mol. The van der Waals surface area contributed by atoms with Crippen molar-refractivity contribution in [2.24, 2.45) is 0 Å². The molecule has 1 unspecified atom stereocenters. The number of anilines is 1. The van der Waals surface area contributed by atoms with Crippen LogP contribution in [0.2, 0.25) is 0 Å². The lowest BCUT2D eigenvalue weighted by atomic mass is 9.94. The molecule has 0 spiro atoms. The van der Waals surface area contributed by atoms with Crippen LogP contribution in [-0.2, 0) is 0 Å². The van der Waals surface area contributed by atoms with E-state index in [1.165, 1.54) is 47.6 Å². The second kappa shape index (κ2) is 8.64. The normalized spacial score (nSPS) is 16.0. The fraction of sp³-hybridized carbons (Fsp3) is 0.125. The van der Waals surface area contributed by atoms with Crippen molar-refractivity contribution in [3.05, 3.63) is 82.9 Å². The highest BCUT2D eigenvalue weighted by atomic mass is 32.1. The van der Waals surface area contributed by atoms with Crippen LogP contribution in [0.1, 0.15) is 24.4 Å². The maximum Gasteiger partial charge on any atom is 0.327 e. The molecule has 1 atom stereocenters. The molecule has 4 aromatic rings. The van der Waals surface area contributed by atoms with E-state index in [-0.39, 0.29) is 11.6 Å². The van der Waals surface area contributed by atoms with Gasteiger partial charge in [0, 0.05) is 5.70 Å². The fourth-order valence-corrected chi connectivity index (χ4v) is 4.57. The van der Waals surface area contributed by atoms with Gasteiger partial charge < -0.3 is 19.7 Å². The van der Waals surface area contributed by atoms with E-state index in [0.717, 1.165) is 4.88 Å². The van der Waals surface area contributed by atoms with Crippen molar-refractivity contribution >= 4 is 28.6 Å². The van der Waals surface area contributed by atoms with E-state index in [4.69, 9.17) is 9.26 Å². The Morgan fingerprint density at radius 2 is 2.06 bits per heavy atom. The molecule has 3 heterocycles. The van der Waals surface area contributed by atoms with Gasteiger partial charge in [-0.2, -0.15) is 4.98 Å². The quantitative estimate of drug-likeness (QED) is 0.401. The zero-order valence-corrected chi connectivity index (χ0v) is 19.0. The minimum atomic E-state index is -0.717. The number of benzene rings is 2. The minimum Gasteiger partial charge on any atom is -0.504 e. The molecule has 2 aromatic heterocycles. The molecular weight excluding hydrogens is 459 g/mol. The maximum atomic E-state index is 14.0. The van der Waals surface area contributed by atoms with Gasteiger partial charge in [-0.05, 0) is 54.3 Å². The summed E-state index contributed by atoms with van der Waals surface area (Å²) in [5, 5.41) is 19.3. The SMILES string of the molecule is COc1ccc(C2NC(=O)N(c3cccc(F)c3)C(C)=C2c2nc(-c3cccs3)no2)cc1O. The molecule has 1 aliphatic heterocycles. The van der Waals surface area contributed by atoms with Crippen molar-refractivity contribution in [3.63, 3.8) is 0 Å². The van der Waals surface area contributed by atoms with Crippen LogP contribution < -0.4 is 15.0 Å². The van der Waals surface area contributed by atoms with Crippen molar-refractivity contribution in [3.8, 4) is 22.2 Å². The van der Waals surface area contributed by atoms with E-state index in [1.54, 1.807) is 25.1 Å². The Balaban J connectivity index is 1.67. The number of aromatic hydroxyl groups is 1. The van der Waals surface area contributed by atoms with E-state index in [1.807, 2.05) is 17.5 Å². The molecule has 5 rings (SSSR count). The molecule has 34 heavy (non-hydrogen) atoms. The highest BCUT2D eigenvalue weighted by Gasteiger charge is 2.37. The van der Waals surface area contributed by atoms with Crippen LogP contribution in [0.3, 0.4) is 0 Å². The second-order valence-corrected chi connectivity index (χ2v) is 8.48. The lowest BCUT2D eigenvalue weighted by Crippen LogP contribution is -2.46. The third kappa shape index (κ3) is 3.77. The van der Waals surface area contributed by atoms with Gasteiger partial charge in [-0.25, -0.2) is 9.18 Å². The number of allylic oxidation sites excluding steroid dienone is 1. The number of carbonyl (C=O) groups excluding carboxylic acids is 1. The van der Waals surface area contributed by atoms with Crippen LogP contribution in [0.4, 0.5) is 14.9 Å². The number of nitrogens with zero attached hydrogens (tertiary/aromatic N) is 3. The number of hydrogen-bond donors (Lipinski definition) is 2. The Kier molecular flexibility index (Phi) is 5.50. The Bertz CT molecular complexity index is 1400. The van der Waals surface area contributed by atoms with Crippen LogP contribution in [0.25, 0.3) is 16.3 Å². The number of ether oxygens (including phenoxy) is 1. The molecule has 1 aliphatic rings. The van der Waals surface area contributed by atoms with Crippen molar-refractivity contribution in [1.29, 1.82) is 0 Å². The van der Waals surface area contributed by atoms with Crippen molar-refractivity contribution < 1.29 is 23.6 Å². The number of hydrogen-bond acceptors (Lipinski definition) is 7. The van der Waals surface area contributed by atoms with Gasteiger partial charge >= 0.3 is 6.03 Å². The zero-order chi connectivity index (χ0) is 23.8. The number of halogens is 1. The van der Waals surface area contributed by atoms with Gasteiger partial charge in [0.25, 0.3) is 5.89 Å². The maximum absolute atomic E-state index is 14.0. The zero-order valence-electron chi connectivity index (χ0n) is 18.2. The molecule has 0 bridgehead atoms. The predicted octanol–water partition coefficient (Wildman–Crippen LogP) is 5.35. The Labute approximate surface area is 197 Å². The molecule has 0 fully saturated rings. The number of urea groups is 1. The Morgan fingerprint density at radius 1 is 1.21 bits per heavy atom. The first-order valence-electron chi connectivity index (χ1n) is 10.3. The number of rotatable bonds is 5. The topological polar surface area (TPSA) is 101 Å². The minimum absolute atomic E-state index is 0.0800. The van der Waals surface area contributed by atoms with Gasteiger partial charge in [-0.3, -0.25) is 4.90 Å². The molecule has 0 saturated heterocycles. The number of nitrogens with one attached hydrogen (secondary N) is 1. The third-order valence-corrected chi connectivity index (χ3v) is 6.35. The summed E-state index contributed by atoms with van der Waals surface area (Å²) >= 11 is 1.47. The molecule has 10 heteroatoms. The van der Waals surface area contributed by atoms with Gasteiger partial charge in [0.2, 0.25) is 5.82 Å². The smallest absolute Gasteiger partial charge is 0.327 e. The van der Waals surface area contributed by atoms with Gasteiger partial charge in [-0.15, -0.1) is 11.3 Å². The van der Waals surface area contributed by atoms with Crippen molar-refractivity contribution in [2.75, 3.05) is 12.0 Å². The van der Waals surface area contributed by atoms with E-state index < -0.39 is 17.9 Å². The van der Waals surface area contributed by atoms with Gasteiger partial charge in [0.15, 0.2) is 11.5 Å². The number of carbonyl (C=O) groups is 1. The number of phenols is 1. The molecule has 0 saturated carbocycles. The molecule has 0 radical (unpaired) electrons. The Hall–Kier alpha value is -4.18. The van der Waals surface area contributed by atoms with E-state index in [0.29, 0.717) is 34.1 Å². The van der Waals surface area contributed by atoms with Crippen LogP contribution in [-0.4, -0.2) is 28.4 Å². The first-order chi connectivity index (χ1) is 16.5. The summed E-state index contributed by atoms with van der Waals surface area (Å²) in [5.41, 5.74) is 1.93. The summed E-state index contributed by atoms with van der Waals surface area (Å²) in [7, 11) is 1.45.